The first-order chi connectivity index (χ1) is 16.9. The maximum atomic E-state index is 12.8. The van der Waals surface area contributed by atoms with Crippen LogP contribution in [0.5, 0.6) is 0 Å². The molecular formula is C31H42O5. The number of esters is 1. The standard InChI is InChI=1S/C31H42O5/c1-18-15-31(35-24(18)33)16-19(25(34-6)36-31)20-9-11-28(5)22-8-7-21-26(2,3)23(32)10-12-29(21)17-30(22,29)14-13-27(20,28)4/h10,12,15,19-22,25H,7-9,11,13-14,16-17H2,1-6H3/t19-,20-,21+,22+,25+,27-,28+,29-,30+,31+/m1/s1. The highest BCUT2D eigenvalue weighted by atomic mass is 16.8. The predicted octanol–water partition coefficient (Wildman–Crippen LogP) is 5.98. The third-order valence-corrected chi connectivity index (χ3v) is 13.4. The van der Waals surface area contributed by atoms with Gasteiger partial charge in [0.15, 0.2) is 12.1 Å². The monoisotopic (exact) mass is 494 g/mol. The van der Waals surface area contributed by atoms with Crippen molar-refractivity contribution in [2.45, 2.75) is 98.1 Å². The molecule has 0 amide bonds. The van der Waals surface area contributed by atoms with Crippen molar-refractivity contribution in [2.75, 3.05) is 7.11 Å². The second-order valence-corrected chi connectivity index (χ2v) is 14.6. The van der Waals surface area contributed by atoms with Crippen LogP contribution in [0.1, 0.15) is 86.0 Å². The van der Waals surface area contributed by atoms with Crippen LogP contribution in [-0.4, -0.2) is 30.9 Å². The number of carbonyl (C=O) groups is 2. The number of rotatable bonds is 2. The highest BCUT2D eigenvalue weighted by Crippen LogP contribution is 2.88. The first-order valence-electron chi connectivity index (χ1n) is 14.3. The van der Waals surface area contributed by atoms with Crippen molar-refractivity contribution >= 4 is 11.8 Å². The van der Waals surface area contributed by atoms with Gasteiger partial charge in [-0.25, -0.2) is 4.79 Å². The Bertz CT molecular complexity index is 1120. The molecule has 0 aromatic rings. The summed E-state index contributed by atoms with van der Waals surface area (Å²) in [7, 11) is 1.73. The SMILES string of the molecule is CO[C@H]1O[C@@]2(C=C(C)C(=O)O2)C[C@@H]1[C@H]1CC[C@@]2(C)[C@@H]3CC[C@H]4C(C)(C)C(=O)C=C[C@@]45C[C@@]35CC[C@]12C. The molecule has 0 radical (unpaired) electrons. The van der Waals surface area contributed by atoms with Crippen molar-refractivity contribution in [1.82, 2.24) is 0 Å². The first-order valence-corrected chi connectivity index (χ1v) is 14.3. The van der Waals surface area contributed by atoms with Gasteiger partial charge in [0, 0.05) is 30.4 Å². The Morgan fingerprint density at radius 2 is 1.72 bits per heavy atom. The summed E-state index contributed by atoms with van der Waals surface area (Å²) < 4.78 is 18.0. The van der Waals surface area contributed by atoms with Crippen molar-refractivity contribution in [1.29, 1.82) is 0 Å². The maximum absolute atomic E-state index is 12.8. The van der Waals surface area contributed by atoms with E-state index in [1.54, 1.807) is 14.0 Å². The van der Waals surface area contributed by atoms with Crippen molar-refractivity contribution in [3.05, 3.63) is 23.8 Å². The summed E-state index contributed by atoms with van der Waals surface area (Å²) >= 11 is 0. The number of fused-ring (bicyclic) bond motifs is 2. The normalized spacial score (nSPS) is 56.1. The molecule has 5 nitrogen and oxygen atoms in total. The highest BCUT2D eigenvalue weighted by Gasteiger charge is 2.82. The molecule has 0 unspecified atom stereocenters. The number of hydrogen-bond acceptors (Lipinski definition) is 5. The number of ether oxygens (including phenoxy) is 3. The lowest BCUT2D eigenvalue weighted by molar-refractivity contribution is -0.234. The summed E-state index contributed by atoms with van der Waals surface area (Å²) in [5.74, 6) is 0.959. The molecule has 0 N–H and O–H groups in total. The van der Waals surface area contributed by atoms with Crippen LogP contribution in [-0.2, 0) is 23.8 Å². The molecule has 0 aromatic carbocycles. The van der Waals surface area contributed by atoms with Gasteiger partial charge in [-0.2, -0.15) is 0 Å². The van der Waals surface area contributed by atoms with Crippen LogP contribution >= 0.6 is 0 Å². The molecule has 196 valence electrons. The summed E-state index contributed by atoms with van der Waals surface area (Å²) in [6, 6.07) is 0. The minimum absolute atomic E-state index is 0.195. The Kier molecular flexibility index (Phi) is 4.43. The number of hydrogen-bond donors (Lipinski definition) is 0. The van der Waals surface area contributed by atoms with Gasteiger partial charge in [-0.3, -0.25) is 4.79 Å². The molecular weight excluding hydrogens is 452 g/mol. The minimum atomic E-state index is -0.957. The molecule has 0 aromatic heterocycles. The molecule has 2 heterocycles. The third kappa shape index (κ3) is 2.47. The molecule has 2 aliphatic heterocycles. The fourth-order valence-electron chi connectivity index (χ4n) is 11.5. The van der Waals surface area contributed by atoms with E-state index >= 15 is 0 Å². The lowest BCUT2D eigenvalue weighted by Gasteiger charge is -2.62. The van der Waals surface area contributed by atoms with E-state index in [-0.39, 0.29) is 39.8 Å². The lowest BCUT2D eigenvalue weighted by Crippen LogP contribution is -2.56. The van der Waals surface area contributed by atoms with Crippen LogP contribution < -0.4 is 0 Å². The van der Waals surface area contributed by atoms with Gasteiger partial charge in [0.25, 0.3) is 0 Å². The van der Waals surface area contributed by atoms with E-state index in [0.717, 1.165) is 0 Å². The Balaban J connectivity index is 1.22. The van der Waals surface area contributed by atoms with Gasteiger partial charge >= 0.3 is 5.97 Å². The molecule has 10 atom stereocenters. The van der Waals surface area contributed by atoms with Crippen LogP contribution in [0.3, 0.4) is 0 Å². The van der Waals surface area contributed by atoms with E-state index in [2.05, 4.69) is 33.8 Å². The number of ketones is 1. The molecule has 5 fully saturated rings. The number of methoxy groups -OCH3 is 1. The highest BCUT2D eigenvalue weighted by molar-refractivity contribution is 5.96. The summed E-state index contributed by atoms with van der Waals surface area (Å²) in [5, 5.41) is 0. The average molecular weight is 495 g/mol. The molecule has 0 bridgehead atoms. The molecule has 36 heavy (non-hydrogen) atoms. The summed E-state index contributed by atoms with van der Waals surface area (Å²) in [4.78, 5) is 25.1. The molecule has 4 saturated carbocycles. The fourth-order valence-corrected chi connectivity index (χ4v) is 11.5. The third-order valence-electron chi connectivity index (χ3n) is 13.4. The van der Waals surface area contributed by atoms with Crippen LogP contribution in [0.2, 0.25) is 0 Å². The van der Waals surface area contributed by atoms with Gasteiger partial charge in [-0.05, 0) is 103 Å². The molecule has 5 heteroatoms. The van der Waals surface area contributed by atoms with Gasteiger partial charge in [0.2, 0.25) is 5.79 Å². The van der Waals surface area contributed by atoms with Crippen LogP contribution in [0.15, 0.2) is 23.8 Å². The van der Waals surface area contributed by atoms with Crippen molar-refractivity contribution in [3.63, 3.8) is 0 Å². The fraction of sp³-hybridized carbons (Fsp3) is 0.806. The first kappa shape index (κ1) is 23.6. The Hall–Kier alpha value is -1.46. The van der Waals surface area contributed by atoms with Gasteiger partial charge in [0.05, 0.1) is 0 Å². The quantitative estimate of drug-likeness (QED) is 0.442. The average Bonchev–Trinajstić information content (AvgIpc) is 3.06. The zero-order valence-corrected chi connectivity index (χ0v) is 22.8. The van der Waals surface area contributed by atoms with Gasteiger partial charge < -0.3 is 14.2 Å². The van der Waals surface area contributed by atoms with Crippen molar-refractivity contribution < 1.29 is 23.8 Å². The molecule has 3 spiro atoms. The smallest absolute Gasteiger partial charge is 0.336 e. The number of allylic oxidation sites excluding steroid dienone is 2. The second-order valence-electron chi connectivity index (χ2n) is 14.6. The molecule has 7 aliphatic rings. The Morgan fingerprint density at radius 1 is 0.972 bits per heavy atom. The Morgan fingerprint density at radius 3 is 2.42 bits per heavy atom. The largest absolute Gasteiger partial charge is 0.426 e. The van der Waals surface area contributed by atoms with Crippen LogP contribution in [0, 0.1) is 50.7 Å². The summed E-state index contributed by atoms with van der Waals surface area (Å²) in [6.45, 7) is 11.4. The zero-order valence-electron chi connectivity index (χ0n) is 22.8. The van der Waals surface area contributed by atoms with E-state index < -0.39 is 5.79 Å². The van der Waals surface area contributed by atoms with Gasteiger partial charge in [0.1, 0.15) is 0 Å². The second kappa shape index (κ2) is 6.75. The summed E-state index contributed by atoms with van der Waals surface area (Å²) in [5.41, 5.74) is 1.44. The topological polar surface area (TPSA) is 61.8 Å². The van der Waals surface area contributed by atoms with E-state index in [1.165, 1.54) is 44.9 Å². The van der Waals surface area contributed by atoms with E-state index in [9.17, 15) is 9.59 Å². The van der Waals surface area contributed by atoms with E-state index in [4.69, 9.17) is 14.2 Å². The number of carbonyl (C=O) groups excluding carboxylic acids is 2. The maximum Gasteiger partial charge on any atom is 0.336 e. The van der Waals surface area contributed by atoms with Crippen LogP contribution in [0.25, 0.3) is 0 Å². The van der Waals surface area contributed by atoms with E-state index in [1.807, 2.05) is 12.2 Å². The van der Waals surface area contributed by atoms with E-state index in [0.29, 0.717) is 40.9 Å². The minimum Gasteiger partial charge on any atom is -0.426 e. The lowest BCUT2D eigenvalue weighted by atomic mass is 9.42. The molecule has 1 saturated heterocycles. The predicted molar refractivity (Wildman–Crippen MR) is 134 cm³/mol. The Labute approximate surface area is 215 Å². The van der Waals surface area contributed by atoms with Crippen LogP contribution in [0.4, 0.5) is 0 Å². The molecule has 7 rings (SSSR count). The van der Waals surface area contributed by atoms with Gasteiger partial charge in [-0.1, -0.05) is 33.8 Å². The zero-order chi connectivity index (χ0) is 25.5. The van der Waals surface area contributed by atoms with Crippen molar-refractivity contribution in [3.8, 4) is 0 Å². The molecule has 5 aliphatic carbocycles. The summed E-state index contributed by atoms with van der Waals surface area (Å²) in [6.07, 6.45) is 15.1. The van der Waals surface area contributed by atoms with Crippen molar-refractivity contribution in [2.24, 2.45) is 50.7 Å². The van der Waals surface area contributed by atoms with Gasteiger partial charge in [-0.15, -0.1) is 0 Å².